The second-order valence-electron chi connectivity index (χ2n) is 3.29. The Morgan fingerprint density at radius 2 is 2.50 bits per heavy atom. The molecule has 0 spiro atoms. The molecule has 0 fully saturated rings. The average molecular weight is 183 g/mol. The minimum Gasteiger partial charge on any atom is -0.388 e. The van der Waals surface area contributed by atoms with Crippen molar-refractivity contribution in [2.45, 2.75) is 18.9 Å². The van der Waals surface area contributed by atoms with Gasteiger partial charge in [0.1, 0.15) is 0 Å². The van der Waals surface area contributed by atoms with E-state index in [2.05, 4.69) is 0 Å². The molecule has 0 amide bonds. The maximum absolute atomic E-state index is 9.81. The first-order valence-electron chi connectivity index (χ1n) is 4.27. The van der Waals surface area contributed by atoms with Crippen LogP contribution in [0.15, 0.2) is 11.4 Å². The molecule has 0 aromatic carbocycles. The quantitative estimate of drug-likeness (QED) is 0.726. The normalized spacial score (nSPS) is 27.5. The number of fused-ring (bicyclic) bond motifs is 1. The van der Waals surface area contributed by atoms with Crippen molar-refractivity contribution in [3.05, 3.63) is 21.9 Å². The van der Waals surface area contributed by atoms with Gasteiger partial charge < -0.3 is 10.8 Å². The second kappa shape index (κ2) is 3.17. The van der Waals surface area contributed by atoms with Crippen LogP contribution in [0.1, 0.15) is 23.0 Å². The highest BCUT2D eigenvalue weighted by Crippen LogP contribution is 2.40. The van der Waals surface area contributed by atoms with Gasteiger partial charge in [0.05, 0.1) is 6.10 Å². The Hall–Kier alpha value is -0.380. The Morgan fingerprint density at radius 1 is 1.67 bits per heavy atom. The highest BCUT2D eigenvalue weighted by atomic mass is 32.1. The molecule has 2 atom stereocenters. The summed E-state index contributed by atoms with van der Waals surface area (Å²) in [7, 11) is 0. The van der Waals surface area contributed by atoms with E-state index >= 15 is 0 Å². The summed E-state index contributed by atoms with van der Waals surface area (Å²) in [4.78, 5) is 1.35. The molecule has 0 aliphatic heterocycles. The Morgan fingerprint density at radius 3 is 3.17 bits per heavy atom. The first-order chi connectivity index (χ1) is 5.83. The first-order valence-corrected chi connectivity index (χ1v) is 5.15. The molecule has 66 valence electrons. The molecule has 2 unspecified atom stereocenters. The molecule has 1 aromatic rings. The van der Waals surface area contributed by atoms with Gasteiger partial charge in [0.2, 0.25) is 0 Å². The zero-order valence-corrected chi connectivity index (χ0v) is 7.68. The SMILES string of the molecule is NCCC1Cc2sccc2C1O. The molecule has 3 N–H and O–H groups in total. The van der Waals surface area contributed by atoms with Gasteiger partial charge in [-0.25, -0.2) is 0 Å². The molecule has 3 heteroatoms. The second-order valence-corrected chi connectivity index (χ2v) is 4.29. The summed E-state index contributed by atoms with van der Waals surface area (Å²) in [5.41, 5.74) is 6.60. The van der Waals surface area contributed by atoms with E-state index in [1.807, 2.05) is 11.4 Å². The summed E-state index contributed by atoms with van der Waals surface area (Å²) in [6.07, 6.45) is 1.70. The lowest BCUT2D eigenvalue weighted by Gasteiger charge is -2.12. The topological polar surface area (TPSA) is 46.2 Å². The summed E-state index contributed by atoms with van der Waals surface area (Å²) in [6, 6.07) is 2.03. The van der Waals surface area contributed by atoms with Gasteiger partial charge in [0.15, 0.2) is 0 Å². The Kier molecular flexibility index (Phi) is 2.17. The number of hydrogen-bond donors (Lipinski definition) is 2. The van der Waals surface area contributed by atoms with Crippen LogP contribution in [0, 0.1) is 5.92 Å². The van der Waals surface area contributed by atoms with Gasteiger partial charge in [-0.15, -0.1) is 11.3 Å². The third kappa shape index (κ3) is 1.18. The van der Waals surface area contributed by atoms with Crippen LogP contribution in [0.5, 0.6) is 0 Å². The summed E-state index contributed by atoms with van der Waals surface area (Å²) >= 11 is 1.74. The smallest absolute Gasteiger partial charge is 0.0832 e. The molecule has 12 heavy (non-hydrogen) atoms. The minimum absolute atomic E-state index is 0.255. The van der Waals surface area contributed by atoms with Crippen LogP contribution in [-0.4, -0.2) is 11.7 Å². The zero-order chi connectivity index (χ0) is 8.55. The lowest BCUT2D eigenvalue weighted by molar-refractivity contribution is 0.119. The third-order valence-corrected chi connectivity index (χ3v) is 3.49. The molecule has 0 saturated heterocycles. The van der Waals surface area contributed by atoms with Gasteiger partial charge in [-0.2, -0.15) is 0 Å². The number of nitrogens with two attached hydrogens (primary N) is 1. The maximum Gasteiger partial charge on any atom is 0.0832 e. The molecular formula is C9H13NOS. The van der Waals surface area contributed by atoms with Crippen molar-refractivity contribution in [3.63, 3.8) is 0 Å². The monoisotopic (exact) mass is 183 g/mol. The molecule has 0 bridgehead atoms. The summed E-state index contributed by atoms with van der Waals surface area (Å²) in [5.74, 6) is 0.373. The Bertz CT molecular complexity index is 271. The summed E-state index contributed by atoms with van der Waals surface area (Å²) in [6.45, 7) is 0.677. The Balaban J connectivity index is 2.16. The van der Waals surface area contributed by atoms with E-state index in [0.717, 1.165) is 18.4 Å². The fraction of sp³-hybridized carbons (Fsp3) is 0.556. The largest absolute Gasteiger partial charge is 0.388 e. The molecule has 1 aromatic heterocycles. The number of thiophene rings is 1. The van der Waals surface area contributed by atoms with Crippen molar-refractivity contribution in [1.82, 2.24) is 0 Å². The van der Waals surface area contributed by atoms with E-state index in [1.165, 1.54) is 4.88 Å². The molecule has 1 aliphatic carbocycles. The lowest BCUT2D eigenvalue weighted by atomic mass is 10.00. The molecule has 1 aliphatic rings. The van der Waals surface area contributed by atoms with Crippen LogP contribution in [0.4, 0.5) is 0 Å². The summed E-state index contributed by atoms with van der Waals surface area (Å²) in [5, 5.41) is 11.9. The standard InChI is InChI=1S/C9H13NOS/c10-3-1-6-5-8-7(9(6)11)2-4-12-8/h2,4,6,9,11H,1,3,5,10H2. The van der Waals surface area contributed by atoms with Crippen LogP contribution < -0.4 is 5.73 Å². The highest BCUT2D eigenvalue weighted by Gasteiger charge is 2.30. The molecule has 0 radical (unpaired) electrons. The minimum atomic E-state index is -0.255. The number of rotatable bonds is 2. The van der Waals surface area contributed by atoms with E-state index < -0.39 is 0 Å². The van der Waals surface area contributed by atoms with Crippen molar-refractivity contribution in [3.8, 4) is 0 Å². The first kappa shape index (κ1) is 8.23. The van der Waals surface area contributed by atoms with E-state index in [1.54, 1.807) is 11.3 Å². The third-order valence-electron chi connectivity index (χ3n) is 2.53. The van der Waals surface area contributed by atoms with Crippen molar-refractivity contribution in [2.24, 2.45) is 11.7 Å². The van der Waals surface area contributed by atoms with Gasteiger partial charge in [-0.05, 0) is 42.3 Å². The summed E-state index contributed by atoms with van der Waals surface area (Å²) < 4.78 is 0. The predicted octanol–water partition coefficient (Wildman–Crippen LogP) is 1.30. The zero-order valence-electron chi connectivity index (χ0n) is 6.86. The van der Waals surface area contributed by atoms with E-state index in [0.29, 0.717) is 12.5 Å². The maximum atomic E-state index is 9.81. The van der Waals surface area contributed by atoms with E-state index in [-0.39, 0.29) is 6.10 Å². The van der Waals surface area contributed by atoms with Crippen LogP contribution >= 0.6 is 11.3 Å². The van der Waals surface area contributed by atoms with E-state index in [9.17, 15) is 5.11 Å². The van der Waals surface area contributed by atoms with Crippen molar-refractivity contribution < 1.29 is 5.11 Å². The van der Waals surface area contributed by atoms with Crippen LogP contribution in [0.2, 0.25) is 0 Å². The van der Waals surface area contributed by atoms with Gasteiger partial charge in [-0.1, -0.05) is 0 Å². The Labute approximate surface area is 76.0 Å². The van der Waals surface area contributed by atoms with Gasteiger partial charge in [0.25, 0.3) is 0 Å². The molecule has 1 heterocycles. The van der Waals surface area contributed by atoms with Crippen molar-refractivity contribution >= 4 is 11.3 Å². The molecular weight excluding hydrogens is 170 g/mol. The molecule has 2 nitrogen and oxygen atoms in total. The lowest BCUT2D eigenvalue weighted by Crippen LogP contribution is -2.12. The predicted molar refractivity (Wildman–Crippen MR) is 50.1 cm³/mol. The van der Waals surface area contributed by atoms with Crippen LogP contribution in [0.3, 0.4) is 0 Å². The van der Waals surface area contributed by atoms with Crippen molar-refractivity contribution in [1.29, 1.82) is 0 Å². The highest BCUT2D eigenvalue weighted by molar-refractivity contribution is 7.10. The van der Waals surface area contributed by atoms with Gasteiger partial charge in [0, 0.05) is 4.88 Å². The molecule has 0 saturated carbocycles. The van der Waals surface area contributed by atoms with Crippen molar-refractivity contribution in [2.75, 3.05) is 6.54 Å². The molecule has 2 rings (SSSR count). The van der Waals surface area contributed by atoms with Crippen LogP contribution in [0.25, 0.3) is 0 Å². The number of aliphatic hydroxyl groups is 1. The number of aliphatic hydroxyl groups excluding tert-OH is 1. The number of hydrogen-bond acceptors (Lipinski definition) is 3. The van der Waals surface area contributed by atoms with Gasteiger partial charge >= 0.3 is 0 Å². The van der Waals surface area contributed by atoms with Gasteiger partial charge in [-0.3, -0.25) is 0 Å². The fourth-order valence-corrected chi connectivity index (χ4v) is 2.87. The van der Waals surface area contributed by atoms with E-state index in [4.69, 9.17) is 5.73 Å². The van der Waals surface area contributed by atoms with Crippen LogP contribution in [-0.2, 0) is 6.42 Å². The average Bonchev–Trinajstić information content (AvgIpc) is 2.58. The fourth-order valence-electron chi connectivity index (χ4n) is 1.86.